The molecule has 0 bridgehead atoms. The van der Waals surface area contributed by atoms with E-state index in [0.717, 1.165) is 12.8 Å². The highest BCUT2D eigenvalue weighted by molar-refractivity contribution is 5.59. The molecule has 0 aromatic carbocycles. The molecule has 5 heteroatoms. The van der Waals surface area contributed by atoms with Crippen molar-refractivity contribution >= 4 is 0 Å². The smallest absolute Gasteiger partial charge is 0.124 e. The van der Waals surface area contributed by atoms with Gasteiger partial charge in [0, 0.05) is 5.54 Å². The fraction of sp³-hybridized carbons (Fsp3) is 1.00. The lowest BCUT2D eigenvalue weighted by Gasteiger charge is -2.40. The number of hydrogen-bond donors (Lipinski definition) is 4. The van der Waals surface area contributed by atoms with Gasteiger partial charge < -0.3 is 17.2 Å². The Bertz CT molecular complexity index is 465. The van der Waals surface area contributed by atoms with Crippen molar-refractivity contribution in [3.8, 4) is 0 Å². The van der Waals surface area contributed by atoms with Gasteiger partial charge in [-0.2, -0.15) is 0 Å². The van der Waals surface area contributed by atoms with Gasteiger partial charge in [0.1, 0.15) is 11.3 Å². The van der Waals surface area contributed by atoms with Crippen molar-refractivity contribution in [1.82, 2.24) is 10.2 Å². The van der Waals surface area contributed by atoms with Crippen LogP contribution in [0.4, 0.5) is 0 Å². The highest BCUT2D eigenvalue weighted by Gasteiger charge is 3.04. The van der Waals surface area contributed by atoms with E-state index in [9.17, 15) is 0 Å². The van der Waals surface area contributed by atoms with E-state index in [4.69, 9.17) is 17.2 Å². The van der Waals surface area contributed by atoms with E-state index in [-0.39, 0.29) is 33.5 Å². The number of nitrogens with zero attached hydrogens (tertiary/aromatic N) is 1. The largest absolute Gasteiger partial charge is 0.324 e. The van der Waals surface area contributed by atoms with E-state index >= 15 is 0 Å². The summed E-state index contributed by atoms with van der Waals surface area (Å²) in [5, 5.41) is 3.66. The molecule has 3 aliphatic rings. The van der Waals surface area contributed by atoms with E-state index in [1.807, 2.05) is 0 Å². The summed E-state index contributed by atoms with van der Waals surface area (Å²) in [5.74, 6) is 0. The maximum absolute atomic E-state index is 6.56. The molecule has 3 heterocycles. The summed E-state index contributed by atoms with van der Waals surface area (Å²) in [7, 11) is 0. The van der Waals surface area contributed by atoms with Crippen LogP contribution in [-0.4, -0.2) is 38.4 Å². The SMILES string of the molecule is CCC(C)(N)C1(C)NC1(C)C1(C)N2C(N)(CC)C21N. The van der Waals surface area contributed by atoms with E-state index in [0.29, 0.717) is 0 Å². The topological polar surface area (TPSA) is 103 Å². The molecule has 0 aromatic rings. The lowest BCUT2D eigenvalue weighted by Crippen LogP contribution is -2.65. The first-order valence-electron chi connectivity index (χ1n) is 7.41. The van der Waals surface area contributed by atoms with Crippen molar-refractivity contribution in [2.24, 2.45) is 17.2 Å². The minimum Gasteiger partial charge on any atom is -0.324 e. The van der Waals surface area contributed by atoms with Crippen molar-refractivity contribution in [3.05, 3.63) is 0 Å². The van der Waals surface area contributed by atoms with Crippen LogP contribution >= 0.6 is 0 Å². The lowest BCUT2D eigenvalue weighted by atomic mass is 9.68. The molecular formula is C14H29N5. The van der Waals surface area contributed by atoms with Gasteiger partial charge in [0.2, 0.25) is 0 Å². The van der Waals surface area contributed by atoms with Crippen molar-refractivity contribution in [1.29, 1.82) is 0 Å². The minimum atomic E-state index is -0.363. The monoisotopic (exact) mass is 267 g/mol. The molecular weight excluding hydrogens is 238 g/mol. The van der Waals surface area contributed by atoms with Crippen molar-refractivity contribution in [3.63, 3.8) is 0 Å². The third-order valence-electron chi connectivity index (χ3n) is 7.33. The summed E-state index contributed by atoms with van der Waals surface area (Å²) in [6.45, 7) is 13.0. The Morgan fingerprint density at radius 1 is 1.16 bits per heavy atom. The van der Waals surface area contributed by atoms with Gasteiger partial charge in [-0.15, -0.1) is 0 Å². The predicted octanol–water partition coefficient (Wildman–Crippen LogP) is 0.0423. The lowest BCUT2D eigenvalue weighted by molar-refractivity contribution is 0.185. The molecule has 3 fully saturated rings. The first-order chi connectivity index (χ1) is 8.44. The second kappa shape index (κ2) is 2.88. The molecule has 3 aliphatic heterocycles. The van der Waals surface area contributed by atoms with Crippen LogP contribution in [0.15, 0.2) is 0 Å². The molecule has 0 amide bonds. The van der Waals surface area contributed by atoms with Crippen LogP contribution in [0.2, 0.25) is 0 Å². The van der Waals surface area contributed by atoms with Gasteiger partial charge in [0.05, 0.1) is 16.6 Å². The Labute approximate surface area is 116 Å². The molecule has 19 heavy (non-hydrogen) atoms. The molecule has 3 rings (SSSR count). The number of hydrogen-bond acceptors (Lipinski definition) is 5. The standard InChI is InChI=1S/C14H29N5/c1-7-9(3,15)10(4)11(5,18-10)12(6)14(17)13(16,8-2)19(12)14/h18H,7-8,15-17H2,1-6H3. The normalized spacial score (nSPS) is 65.2. The van der Waals surface area contributed by atoms with Gasteiger partial charge in [-0.05, 0) is 40.5 Å². The summed E-state index contributed by atoms with van der Waals surface area (Å²) >= 11 is 0. The average Bonchev–Trinajstić information content (AvgIpc) is 3.22. The van der Waals surface area contributed by atoms with Gasteiger partial charge >= 0.3 is 0 Å². The molecule has 0 saturated carbocycles. The van der Waals surface area contributed by atoms with Gasteiger partial charge in [-0.25, -0.2) is 4.90 Å². The fourth-order valence-corrected chi connectivity index (χ4v) is 4.88. The number of rotatable bonds is 4. The zero-order valence-electron chi connectivity index (χ0n) is 13.1. The molecule has 7 atom stereocenters. The molecule has 0 aliphatic carbocycles. The average molecular weight is 267 g/mol. The molecule has 5 nitrogen and oxygen atoms in total. The third-order valence-corrected chi connectivity index (χ3v) is 7.33. The zero-order valence-corrected chi connectivity index (χ0v) is 13.1. The Morgan fingerprint density at radius 3 is 2.00 bits per heavy atom. The Balaban J connectivity index is 1.89. The summed E-state index contributed by atoms with van der Waals surface area (Å²) < 4.78 is 0. The van der Waals surface area contributed by atoms with Crippen LogP contribution in [0, 0.1) is 0 Å². The van der Waals surface area contributed by atoms with Crippen LogP contribution in [0.5, 0.6) is 0 Å². The fourth-order valence-electron chi connectivity index (χ4n) is 4.88. The zero-order chi connectivity index (χ0) is 14.7. The number of nitrogens with one attached hydrogen (secondary N) is 1. The summed E-state index contributed by atoms with van der Waals surface area (Å²) in [4.78, 5) is 2.26. The van der Waals surface area contributed by atoms with Crippen LogP contribution in [-0.2, 0) is 0 Å². The maximum atomic E-state index is 6.56. The summed E-state index contributed by atoms with van der Waals surface area (Å²) in [6.07, 6.45) is 1.82. The predicted molar refractivity (Wildman–Crippen MR) is 77.2 cm³/mol. The Morgan fingerprint density at radius 2 is 1.63 bits per heavy atom. The van der Waals surface area contributed by atoms with Gasteiger partial charge in [-0.3, -0.25) is 5.32 Å². The molecule has 7 N–H and O–H groups in total. The summed E-state index contributed by atoms with van der Waals surface area (Å²) in [5.41, 5.74) is 18.2. The molecule has 3 saturated heterocycles. The first-order valence-corrected chi connectivity index (χ1v) is 7.41. The molecule has 7 unspecified atom stereocenters. The van der Waals surface area contributed by atoms with Gasteiger partial charge in [-0.1, -0.05) is 13.8 Å². The molecule has 0 radical (unpaired) electrons. The van der Waals surface area contributed by atoms with Gasteiger partial charge in [0.25, 0.3) is 0 Å². The van der Waals surface area contributed by atoms with Crippen molar-refractivity contribution in [2.75, 3.05) is 0 Å². The Kier molecular flexibility index (Phi) is 2.08. The van der Waals surface area contributed by atoms with Gasteiger partial charge in [0.15, 0.2) is 0 Å². The second-order valence-corrected chi connectivity index (χ2v) is 7.60. The van der Waals surface area contributed by atoms with Crippen LogP contribution in [0.3, 0.4) is 0 Å². The summed E-state index contributed by atoms with van der Waals surface area (Å²) in [6, 6.07) is 0. The number of nitrogens with two attached hydrogens (primary N) is 3. The molecule has 0 spiro atoms. The minimum absolute atomic E-state index is 0.0771. The van der Waals surface area contributed by atoms with Crippen LogP contribution in [0.25, 0.3) is 0 Å². The van der Waals surface area contributed by atoms with E-state index in [2.05, 4.69) is 51.8 Å². The third kappa shape index (κ3) is 0.939. The quantitative estimate of drug-likeness (QED) is 0.539. The first kappa shape index (κ1) is 13.8. The van der Waals surface area contributed by atoms with Crippen molar-refractivity contribution < 1.29 is 0 Å². The van der Waals surface area contributed by atoms with E-state index in [1.54, 1.807) is 0 Å². The Hall–Kier alpha value is -0.200. The maximum Gasteiger partial charge on any atom is 0.124 e. The van der Waals surface area contributed by atoms with Crippen molar-refractivity contribution in [2.45, 2.75) is 87.9 Å². The van der Waals surface area contributed by atoms with Crippen LogP contribution in [0.1, 0.15) is 54.4 Å². The second-order valence-electron chi connectivity index (χ2n) is 7.60. The highest BCUT2D eigenvalue weighted by atomic mass is 15.8. The van der Waals surface area contributed by atoms with E-state index in [1.165, 1.54) is 0 Å². The molecule has 110 valence electrons. The molecule has 0 aromatic heterocycles. The number of fused-ring (bicyclic) bond motifs is 1. The highest BCUT2D eigenvalue weighted by Crippen LogP contribution is 2.80. The van der Waals surface area contributed by atoms with E-state index < -0.39 is 0 Å². The van der Waals surface area contributed by atoms with Crippen LogP contribution < -0.4 is 22.5 Å².